The van der Waals surface area contributed by atoms with Gasteiger partial charge in [-0.15, -0.1) is 0 Å². The van der Waals surface area contributed by atoms with Crippen LogP contribution in [0.2, 0.25) is 0 Å². The molecule has 2 unspecified atom stereocenters. The Hall–Kier alpha value is -0.0400. The Balaban J connectivity index is 1.97. The average Bonchev–Trinajstić information content (AvgIpc) is 2.25. The van der Waals surface area contributed by atoms with E-state index in [2.05, 4.69) is 39.9 Å². The van der Waals surface area contributed by atoms with Gasteiger partial charge in [-0.1, -0.05) is 53.9 Å². The van der Waals surface area contributed by atoms with Crippen LogP contribution in [-0.4, -0.2) is 12.1 Å². The summed E-state index contributed by atoms with van der Waals surface area (Å²) in [6.45, 7) is 12.2. The van der Waals surface area contributed by atoms with E-state index in [0.717, 1.165) is 18.0 Å². The molecule has 0 aromatic heterocycles. The van der Waals surface area contributed by atoms with E-state index in [4.69, 9.17) is 0 Å². The highest BCUT2D eigenvalue weighted by Gasteiger charge is 2.39. The van der Waals surface area contributed by atoms with E-state index in [-0.39, 0.29) is 0 Å². The number of rotatable bonds is 3. The summed E-state index contributed by atoms with van der Waals surface area (Å²) in [4.78, 5) is 0. The third-order valence-electron chi connectivity index (χ3n) is 5.44. The van der Waals surface area contributed by atoms with Crippen LogP contribution in [0, 0.1) is 16.7 Å². The second kappa shape index (κ2) is 5.76. The van der Waals surface area contributed by atoms with Crippen LogP contribution in [0.1, 0.15) is 86.0 Å². The highest BCUT2D eigenvalue weighted by Crippen LogP contribution is 2.46. The molecular formula is C18H35N. The molecule has 0 radical (unpaired) electrons. The summed E-state index contributed by atoms with van der Waals surface area (Å²) in [5, 5.41) is 4.07. The Labute approximate surface area is 120 Å². The Morgan fingerprint density at radius 2 is 1.53 bits per heavy atom. The van der Waals surface area contributed by atoms with Crippen molar-refractivity contribution in [3.8, 4) is 0 Å². The molecule has 0 amide bonds. The van der Waals surface area contributed by atoms with Crippen LogP contribution in [0.15, 0.2) is 0 Å². The Bertz CT molecular complexity index is 276. The van der Waals surface area contributed by atoms with Gasteiger partial charge in [0.15, 0.2) is 0 Å². The van der Waals surface area contributed by atoms with Gasteiger partial charge >= 0.3 is 0 Å². The SMILES string of the molecule is CCC1CCCCC1NC1CC(C)(C)CC(C)(C)C1. The number of hydrogen-bond donors (Lipinski definition) is 1. The van der Waals surface area contributed by atoms with Gasteiger partial charge in [0.2, 0.25) is 0 Å². The molecule has 1 N–H and O–H groups in total. The number of nitrogens with one attached hydrogen (secondary N) is 1. The Morgan fingerprint density at radius 1 is 0.947 bits per heavy atom. The first-order valence-electron chi connectivity index (χ1n) is 8.57. The van der Waals surface area contributed by atoms with Crippen LogP contribution in [0.25, 0.3) is 0 Å². The second-order valence-corrected chi connectivity index (χ2v) is 8.84. The molecule has 0 saturated heterocycles. The van der Waals surface area contributed by atoms with Crippen LogP contribution in [-0.2, 0) is 0 Å². The molecule has 2 aliphatic carbocycles. The average molecular weight is 265 g/mol. The molecule has 0 bridgehead atoms. The van der Waals surface area contributed by atoms with Crippen LogP contribution in [0.3, 0.4) is 0 Å². The van der Waals surface area contributed by atoms with Crippen molar-refractivity contribution < 1.29 is 0 Å². The van der Waals surface area contributed by atoms with Crippen molar-refractivity contribution in [1.29, 1.82) is 0 Å². The highest BCUT2D eigenvalue weighted by atomic mass is 15.0. The monoisotopic (exact) mass is 265 g/mol. The largest absolute Gasteiger partial charge is 0.311 e. The fourth-order valence-corrected chi connectivity index (χ4v) is 5.18. The zero-order chi connectivity index (χ0) is 14.1. The van der Waals surface area contributed by atoms with Crippen molar-refractivity contribution >= 4 is 0 Å². The lowest BCUT2D eigenvalue weighted by molar-refractivity contribution is 0.0715. The highest BCUT2D eigenvalue weighted by molar-refractivity contribution is 4.94. The summed E-state index contributed by atoms with van der Waals surface area (Å²) in [6.07, 6.45) is 11.2. The van der Waals surface area contributed by atoms with Crippen molar-refractivity contribution in [2.24, 2.45) is 16.7 Å². The summed E-state index contributed by atoms with van der Waals surface area (Å²) >= 11 is 0. The standard InChI is InChI=1S/C18H35N/c1-6-14-9-7-8-10-16(14)19-15-11-17(2,3)13-18(4,5)12-15/h14-16,19H,6-13H2,1-5H3. The first-order chi connectivity index (χ1) is 8.81. The van der Waals surface area contributed by atoms with Crippen LogP contribution in [0.5, 0.6) is 0 Å². The molecule has 2 rings (SSSR count). The maximum absolute atomic E-state index is 4.07. The molecular weight excluding hydrogens is 230 g/mol. The first kappa shape index (κ1) is 15.4. The molecule has 1 nitrogen and oxygen atoms in total. The van der Waals surface area contributed by atoms with Crippen LogP contribution < -0.4 is 5.32 Å². The minimum Gasteiger partial charge on any atom is -0.311 e. The molecule has 2 saturated carbocycles. The number of hydrogen-bond acceptors (Lipinski definition) is 1. The van der Waals surface area contributed by atoms with E-state index in [1.54, 1.807) is 0 Å². The van der Waals surface area contributed by atoms with E-state index < -0.39 is 0 Å². The van der Waals surface area contributed by atoms with Crippen LogP contribution >= 0.6 is 0 Å². The van der Waals surface area contributed by atoms with E-state index >= 15 is 0 Å². The van der Waals surface area contributed by atoms with Gasteiger partial charge in [-0.3, -0.25) is 0 Å². The normalized spacial score (nSPS) is 35.2. The lowest BCUT2D eigenvalue weighted by Crippen LogP contribution is -2.50. The Kier molecular flexibility index (Phi) is 4.65. The van der Waals surface area contributed by atoms with Gasteiger partial charge in [-0.25, -0.2) is 0 Å². The molecule has 0 heterocycles. The summed E-state index contributed by atoms with van der Waals surface area (Å²) in [7, 11) is 0. The smallest absolute Gasteiger partial charge is 0.00978 e. The summed E-state index contributed by atoms with van der Waals surface area (Å²) in [6, 6.07) is 1.55. The third-order valence-corrected chi connectivity index (χ3v) is 5.44. The fourth-order valence-electron chi connectivity index (χ4n) is 5.18. The van der Waals surface area contributed by atoms with Crippen LogP contribution in [0.4, 0.5) is 0 Å². The molecule has 0 spiro atoms. The van der Waals surface area contributed by atoms with Gasteiger partial charge in [0.1, 0.15) is 0 Å². The van der Waals surface area contributed by atoms with Gasteiger partial charge in [0, 0.05) is 12.1 Å². The molecule has 112 valence electrons. The van der Waals surface area contributed by atoms with Crippen molar-refractivity contribution in [1.82, 2.24) is 5.32 Å². The molecule has 2 fully saturated rings. The molecule has 1 heteroatoms. The molecule has 0 aliphatic heterocycles. The van der Waals surface area contributed by atoms with Gasteiger partial charge < -0.3 is 5.32 Å². The maximum Gasteiger partial charge on any atom is 0.00978 e. The van der Waals surface area contributed by atoms with Gasteiger partial charge in [0.05, 0.1) is 0 Å². The lowest BCUT2D eigenvalue weighted by Gasteiger charge is -2.47. The molecule has 2 atom stereocenters. The molecule has 19 heavy (non-hydrogen) atoms. The molecule has 0 aromatic carbocycles. The van der Waals surface area contributed by atoms with E-state index in [0.29, 0.717) is 10.8 Å². The third kappa shape index (κ3) is 4.21. The van der Waals surface area contributed by atoms with Gasteiger partial charge in [-0.2, -0.15) is 0 Å². The summed E-state index contributed by atoms with van der Waals surface area (Å²) in [5.74, 6) is 0.932. The zero-order valence-corrected chi connectivity index (χ0v) is 13.9. The van der Waals surface area contributed by atoms with E-state index in [1.165, 1.54) is 51.4 Å². The fraction of sp³-hybridized carbons (Fsp3) is 1.00. The van der Waals surface area contributed by atoms with Crippen molar-refractivity contribution in [3.05, 3.63) is 0 Å². The minimum absolute atomic E-state index is 0.510. The quantitative estimate of drug-likeness (QED) is 0.744. The van der Waals surface area contributed by atoms with Crippen molar-refractivity contribution in [2.45, 2.75) is 98.1 Å². The van der Waals surface area contributed by atoms with Crippen molar-refractivity contribution in [2.75, 3.05) is 0 Å². The lowest BCUT2D eigenvalue weighted by atomic mass is 9.63. The summed E-state index contributed by atoms with van der Waals surface area (Å²) < 4.78 is 0. The molecule has 2 aliphatic rings. The van der Waals surface area contributed by atoms with Gasteiger partial charge in [-0.05, 0) is 48.9 Å². The summed E-state index contributed by atoms with van der Waals surface area (Å²) in [5.41, 5.74) is 1.02. The topological polar surface area (TPSA) is 12.0 Å². The predicted molar refractivity (Wildman–Crippen MR) is 84.4 cm³/mol. The molecule has 0 aromatic rings. The van der Waals surface area contributed by atoms with E-state index in [1.807, 2.05) is 0 Å². The first-order valence-corrected chi connectivity index (χ1v) is 8.57. The predicted octanol–water partition coefficient (Wildman–Crippen LogP) is 5.15. The zero-order valence-electron chi connectivity index (χ0n) is 13.9. The minimum atomic E-state index is 0.510. The van der Waals surface area contributed by atoms with Crippen molar-refractivity contribution in [3.63, 3.8) is 0 Å². The van der Waals surface area contributed by atoms with Gasteiger partial charge in [0.25, 0.3) is 0 Å². The second-order valence-electron chi connectivity index (χ2n) is 8.84. The Morgan fingerprint density at radius 3 is 2.11 bits per heavy atom. The maximum atomic E-state index is 4.07. The van der Waals surface area contributed by atoms with E-state index in [9.17, 15) is 0 Å².